The molecule has 0 aliphatic rings. The van der Waals surface area contributed by atoms with E-state index < -0.39 is 0 Å². The molecule has 1 atom stereocenters. The van der Waals surface area contributed by atoms with Gasteiger partial charge in [0.2, 0.25) is 0 Å². The van der Waals surface area contributed by atoms with Crippen LogP contribution in [0.2, 0.25) is 5.02 Å². The third-order valence-corrected chi connectivity index (χ3v) is 3.23. The van der Waals surface area contributed by atoms with Crippen molar-refractivity contribution < 1.29 is 4.74 Å². The molecule has 3 N–H and O–H groups in total. The SMILES string of the molecule is CCOc1ccc(Cl)cc1CCN=C(N)NC(C)CC.I. The molecular formula is C15H25ClIN3O. The number of nitrogens with one attached hydrogen (secondary N) is 1. The summed E-state index contributed by atoms with van der Waals surface area (Å²) >= 11 is 6.02. The van der Waals surface area contributed by atoms with E-state index >= 15 is 0 Å². The highest BCUT2D eigenvalue weighted by atomic mass is 127. The van der Waals surface area contributed by atoms with Gasteiger partial charge in [-0.15, -0.1) is 24.0 Å². The van der Waals surface area contributed by atoms with E-state index in [1.54, 1.807) is 0 Å². The highest BCUT2D eigenvalue weighted by molar-refractivity contribution is 14.0. The molecule has 0 bridgehead atoms. The van der Waals surface area contributed by atoms with Crippen molar-refractivity contribution in [3.63, 3.8) is 0 Å². The molecule has 4 nitrogen and oxygen atoms in total. The van der Waals surface area contributed by atoms with Gasteiger partial charge in [-0.25, -0.2) is 0 Å². The minimum absolute atomic E-state index is 0. The van der Waals surface area contributed by atoms with Crippen molar-refractivity contribution in [1.29, 1.82) is 0 Å². The van der Waals surface area contributed by atoms with Gasteiger partial charge < -0.3 is 15.8 Å². The molecule has 0 amide bonds. The molecule has 1 aromatic rings. The van der Waals surface area contributed by atoms with Gasteiger partial charge in [0.1, 0.15) is 5.75 Å². The van der Waals surface area contributed by atoms with Gasteiger partial charge in [-0.3, -0.25) is 4.99 Å². The molecule has 0 aromatic heterocycles. The maximum atomic E-state index is 6.02. The van der Waals surface area contributed by atoms with E-state index in [0.29, 0.717) is 30.2 Å². The van der Waals surface area contributed by atoms with Gasteiger partial charge in [-0.2, -0.15) is 0 Å². The number of hydrogen-bond donors (Lipinski definition) is 2. The average molecular weight is 426 g/mol. The number of aliphatic imine (C=N–C) groups is 1. The second-order valence-electron chi connectivity index (χ2n) is 4.66. The minimum atomic E-state index is 0. The summed E-state index contributed by atoms with van der Waals surface area (Å²) in [7, 11) is 0. The normalized spacial score (nSPS) is 12.5. The third-order valence-electron chi connectivity index (χ3n) is 2.99. The van der Waals surface area contributed by atoms with Crippen molar-refractivity contribution in [1.82, 2.24) is 5.32 Å². The standard InChI is InChI=1S/C15H24ClN3O.HI/c1-4-11(3)19-15(17)18-9-8-12-10-13(16)6-7-14(12)20-5-2;/h6-7,10-11H,4-5,8-9H2,1-3H3,(H3,17,18,19);1H. The Balaban J connectivity index is 0.00000400. The second kappa shape index (κ2) is 11.0. The summed E-state index contributed by atoms with van der Waals surface area (Å²) in [5.41, 5.74) is 6.88. The number of benzene rings is 1. The van der Waals surface area contributed by atoms with Gasteiger partial charge in [0, 0.05) is 17.6 Å². The number of nitrogens with two attached hydrogens (primary N) is 1. The van der Waals surface area contributed by atoms with Crippen LogP contribution in [-0.4, -0.2) is 25.2 Å². The predicted molar refractivity (Wildman–Crippen MR) is 101 cm³/mol. The van der Waals surface area contributed by atoms with Gasteiger partial charge in [0.15, 0.2) is 5.96 Å². The molecule has 1 unspecified atom stereocenters. The van der Waals surface area contributed by atoms with Crippen molar-refractivity contribution in [3.8, 4) is 5.75 Å². The van der Waals surface area contributed by atoms with Crippen molar-refractivity contribution >= 4 is 41.5 Å². The summed E-state index contributed by atoms with van der Waals surface area (Å²) in [5, 5.41) is 3.84. The fourth-order valence-corrected chi connectivity index (χ4v) is 1.93. The number of nitrogens with zero attached hydrogens (tertiary/aromatic N) is 1. The number of halogens is 2. The van der Waals surface area contributed by atoms with Gasteiger partial charge >= 0.3 is 0 Å². The summed E-state index contributed by atoms with van der Waals surface area (Å²) < 4.78 is 5.58. The van der Waals surface area contributed by atoms with Crippen LogP contribution in [0, 0.1) is 0 Å². The molecule has 1 aromatic carbocycles. The number of hydrogen-bond acceptors (Lipinski definition) is 2. The topological polar surface area (TPSA) is 59.6 Å². The van der Waals surface area contributed by atoms with Crippen LogP contribution in [-0.2, 0) is 6.42 Å². The molecule has 0 fully saturated rings. The van der Waals surface area contributed by atoms with Gasteiger partial charge in [0.05, 0.1) is 6.61 Å². The lowest BCUT2D eigenvalue weighted by Crippen LogP contribution is -2.38. The maximum Gasteiger partial charge on any atom is 0.188 e. The quantitative estimate of drug-likeness (QED) is 0.399. The molecule has 0 saturated heterocycles. The van der Waals surface area contributed by atoms with Crippen molar-refractivity contribution in [2.45, 2.75) is 39.7 Å². The first kappa shape index (κ1) is 20.3. The molecule has 0 radical (unpaired) electrons. The number of ether oxygens (including phenoxy) is 1. The Hall–Kier alpha value is -0.690. The lowest BCUT2D eigenvalue weighted by Gasteiger charge is -2.12. The van der Waals surface area contributed by atoms with E-state index in [2.05, 4.69) is 24.2 Å². The van der Waals surface area contributed by atoms with Crippen molar-refractivity contribution in [2.24, 2.45) is 10.7 Å². The number of guanidine groups is 1. The molecular weight excluding hydrogens is 401 g/mol. The van der Waals surface area contributed by atoms with E-state index in [9.17, 15) is 0 Å². The molecule has 0 spiro atoms. The Morgan fingerprint density at radius 2 is 2.14 bits per heavy atom. The summed E-state index contributed by atoms with van der Waals surface area (Å²) in [5.74, 6) is 1.35. The lowest BCUT2D eigenvalue weighted by molar-refractivity contribution is 0.336. The first-order chi connectivity index (χ1) is 9.56. The Bertz CT molecular complexity index is 455. The third kappa shape index (κ3) is 7.76. The molecule has 0 saturated carbocycles. The molecule has 0 aliphatic heterocycles. The van der Waals surface area contributed by atoms with Crippen LogP contribution in [0.5, 0.6) is 5.75 Å². The van der Waals surface area contributed by atoms with E-state index in [-0.39, 0.29) is 24.0 Å². The van der Waals surface area contributed by atoms with Gasteiger partial charge in [-0.05, 0) is 50.5 Å². The van der Waals surface area contributed by atoms with Crippen LogP contribution in [0.15, 0.2) is 23.2 Å². The summed E-state index contributed by atoms with van der Waals surface area (Å²) in [6.07, 6.45) is 1.76. The fraction of sp³-hybridized carbons (Fsp3) is 0.533. The monoisotopic (exact) mass is 425 g/mol. The Morgan fingerprint density at radius 3 is 2.76 bits per heavy atom. The first-order valence-corrected chi connectivity index (χ1v) is 7.42. The molecule has 120 valence electrons. The first-order valence-electron chi connectivity index (χ1n) is 7.04. The average Bonchev–Trinajstić information content (AvgIpc) is 2.41. The molecule has 21 heavy (non-hydrogen) atoms. The lowest BCUT2D eigenvalue weighted by atomic mass is 10.1. The fourth-order valence-electron chi connectivity index (χ4n) is 1.74. The summed E-state index contributed by atoms with van der Waals surface area (Å²) in [4.78, 5) is 4.32. The Morgan fingerprint density at radius 1 is 1.43 bits per heavy atom. The highest BCUT2D eigenvalue weighted by Gasteiger charge is 2.05. The largest absolute Gasteiger partial charge is 0.494 e. The van der Waals surface area contributed by atoms with Crippen LogP contribution < -0.4 is 15.8 Å². The molecule has 0 aliphatic carbocycles. The zero-order chi connectivity index (χ0) is 15.0. The second-order valence-corrected chi connectivity index (χ2v) is 5.09. The maximum absolute atomic E-state index is 6.02. The van der Waals surface area contributed by atoms with Crippen molar-refractivity contribution in [3.05, 3.63) is 28.8 Å². The Kier molecular flexibility index (Phi) is 10.6. The zero-order valence-electron chi connectivity index (χ0n) is 12.9. The van der Waals surface area contributed by atoms with Gasteiger partial charge in [0.25, 0.3) is 0 Å². The molecule has 1 rings (SSSR count). The van der Waals surface area contributed by atoms with Crippen LogP contribution >= 0.6 is 35.6 Å². The predicted octanol–water partition coefficient (Wildman–Crippen LogP) is 3.60. The van der Waals surface area contributed by atoms with Crippen LogP contribution in [0.3, 0.4) is 0 Å². The van der Waals surface area contributed by atoms with Crippen LogP contribution in [0.25, 0.3) is 0 Å². The summed E-state index contributed by atoms with van der Waals surface area (Å²) in [6.45, 7) is 7.38. The Labute approximate surface area is 149 Å². The van der Waals surface area contributed by atoms with Crippen LogP contribution in [0.4, 0.5) is 0 Å². The summed E-state index contributed by atoms with van der Waals surface area (Å²) in [6, 6.07) is 5.98. The number of rotatable bonds is 7. The van der Waals surface area contributed by atoms with Crippen LogP contribution in [0.1, 0.15) is 32.8 Å². The van der Waals surface area contributed by atoms with E-state index in [0.717, 1.165) is 24.2 Å². The van der Waals surface area contributed by atoms with E-state index in [4.69, 9.17) is 22.1 Å². The smallest absolute Gasteiger partial charge is 0.188 e. The molecule has 6 heteroatoms. The zero-order valence-corrected chi connectivity index (χ0v) is 15.9. The highest BCUT2D eigenvalue weighted by Crippen LogP contribution is 2.23. The van der Waals surface area contributed by atoms with E-state index in [1.165, 1.54) is 0 Å². The molecule has 0 heterocycles. The van der Waals surface area contributed by atoms with E-state index in [1.807, 2.05) is 25.1 Å². The minimum Gasteiger partial charge on any atom is -0.494 e. The van der Waals surface area contributed by atoms with Crippen molar-refractivity contribution in [2.75, 3.05) is 13.2 Å². The van der Waals surface area contributed by atoms with Gasteiger partial charge in [-0.1, -0.05) is 18.5 Å².